The SMILES string of the molecule is O=C(CC1CCCCC1)c1ccc2nc(-c3c(Cl)cccc3Cl)[nH]c2c1. The van der Waals surface area contributed by atoms with Crippen molar-refractivity contribution in [3.63, 3.8) is 0 Å². The summed E-state index contributed by atoms with van der Waals surface area (Å²) in [4.78, 5) is 20.5. The third-order valence-corrected chi connectivity index (χ3v) is 5.83. The summed E-state index contributed by atoms with van der Waals surface area (Å²) >= 11 is 12.6. The third kappa shape index (κ3) is 3.51. The molecule has 1 heterocycles. The van der Waals surface area contributed by atoms with Crippen molar-refractivity contribution in [3.05, 3.63) is 52.0 Å². The Morgan fingerprint density at radius 1 is 1.08 bits per heavy atom. The minimum atomic E-state index is 0.214. The van der Waals surface area contributed by atoms with Crippen LogP contribution in [0.1, 0.15) is 48.9 Å². The van der Waals surface area contributed by atoms with Gasteiger partial charge >= 0.3 is 0 Å². The van der Waals surface area contributed by atoms with Gasteiger partial charge in [-0.05, 0) is 36.2 Å². The highest BCUT2D eigenvalue weighted by Gasteiger charge is 2.19. The summed E-state index contributed by atoms with van der Waals surface area (Å²) in [6, 6.07) is 11.0. The number of benzene rings is 2. The molecule has 1 aromatic heterocycles. The van der Waals surface area contributed by atoms with Gasteiger partial charge in [-0.3, -0.25) is 4.79 Å². The molecule has 0 saturated heterocycles. The first kappa shape index (κ1) is 17.6. The molecule has 4 rings (SSSR count). The van der Waals surface area contributed by atoms with Gasteiger partial charge < -0.3 is 4.98 Å². The zero-order chi connectivity index (χ0) is 18.1. The number of carbonyl (C=O) groups is 1. The fourth-order valence-electron chi connectivity index (χ4n) is 3.80. The van der Waals surface area contributed by atoms with Gasteiger partial charge in [0.15, 0.2) is 5.78 Å². The van der Waals surface area contributed by atoms with E-state index in [0.29, 0.717) is 33.8 Å². The van der Waals surface area contributed by atoms with E-state index in [4.69, 9.17) is 23.2 Å². The second-order valence-corrected chi connectivity index (χ2v) is 7.86. The predicted molar refractivity (Wildman–Crippen MR) is 107 cm³/mol. The smallest absolute Gasteiger partial charge is 0.163 e. The lowest BCUT2D eigenvalue weighted by molar-refractivity contribution is 0.0950. The molecule has 1 fully saturated rings. The van der Waals surface area contributed by atoms with Crippen LogP contribution < -0.4 is 0 Å². The normalized spacial score (nSPS) is 15.5. The minimum absolute atomic E-state index is 0.214. The number of Topliss-reactive ketones (excluding diaryl/α,β-unsaturated/α-hetero) is 1. The second kappa shape index (κ2) is 7.42. The molecule has 1 aliphatic rings. The number of ketones is 1. The van der Waals surface area contributed by atoms with Crippen LogP contribution in [0.15, 0.2) is 36.4 Å². The number of aromatic amines is 1. The van der Waals surface area contributed by atoms with E-state index < -0.39 is 0 Å². The van der Waals surface area contributed by atoms with Gasteiger partial charge in [0.1, 0.15) is 5.82 Å². The van der Waals surface area contributed by atoms with E-state index in [1.165, 1.54) is 32.1 Å². The van der Waals surface area contributed by atoms with Crippen molar-refractivity contribution in [1.82, 2.24) is 9.97 Å². The first-order chi connectivity index (χ1) is 12.6. The molecule has 26 heavy (non-hydrogen) atoms. The van der Waals surface area contributed by atoms with Gasteiger partial charge in [0.05, 0.1) is 26.6 Å². The molecule has 0 amide bonds. The number of rotatable bonds is 4. The molecule has 1 aliphatic carbocycles. The first-order valence-electron chi connectivity index (χ1n) is 9.09. The maximum atomic E-state index is 12.7. The number of nitrogens with zero attached hydrogens (tertiary/aromatic N) is 1. The van der Waals surface area contributed by atoms with Crippen molar-refractivity contribution >= 4 is 40.0 Å². The number of nitrogens with one attached hydrogen (secondary N) is 1. The molecule has 134 valence electrons. The molecular formula is C21H20Cl2N2O. The number of aromatic nitrogens is 2. The van der Waals surface area contributed by atoms with Crippen LogP contribution in [-0.2, 0) is 0 Å². The van der Waals surface area contributed by atoms with Crippen molar-refractivity contribution in [2.75, 3.05) is 0 Å². The Balaban J connectivity index is 1.62. The molecular weight excluding hydrogens is 367 g/mol. The van der Waals surface area contributed by atoms with Gasteiger partial charge in [-0.2, -0.15) is 0 Å². The van der Waals surface area contributed by atoms with Crippen LogP contribution in [0.4, 0.5) is 0 Å². The predicted octanol–water partition coefficient (Wildman–Crippen LogP) is 6.69. The quantitative estimate of drug-likeness (QED) is 0.507. The molecule has 5 heteroatoms. The summed E-state index contributed by atoms with van der Waals surface area (Å²) in [6.07, 6.45) is 6.79. The fourth-order valence-corrected chi connectivity index (χ4v) is 4.37. The lowest BCUT2D eigenvalue weighted by Crippen LogP contribution is -2.12. The van der Waals surface area contributed by atoms with Crippen molar-refractivity contribution in [3.8, 4) is 11.4 Å². The Morgan fingerprint density at radius 2 is 1.81 bits per heavy atom. The van der Waals surface area contributed by atoms with E-state index in [9.17, 15) is 4.79 Å². The van der Waals surface area contributed by atoms with Gasteiger partial charge in [0.25, 0.3) is 0 Å². The summed E-state index contributed by atoms with van der Waals surface area (Å²) in [7, 11) is 0. The topological polar surface area (TPSA) is 45.8 Å². The number of carbonyl (C=O) groups excluding carboxylic acids is 1. The van der Waals surface area contributed by atoms with Crippen LogP contribution in [-0.4, -0.2) is 15.8 Å². The summed E-state index contributed by atoms with van der Waals surface area (Å²) in [5.74, 6) is 1.37. The average Bonchev–Trinajstić information content (AvgIpc) is 3.05. The number of hydrogen-bond acceptors (Lipinski definition) is 2. The number of H-pyrrole nitrogens is 1. The number of fused-ring (bicyclic) bond motifs is 1. The molecule has 0 atom stereocenters. The first-order valence-corrected chi connectivity index (χ1v) is 9.85. The monoisotopic (exact) mass is 386 g/mol. The summed E-state index contributed by atoms with van der Waals surface area (Å²) in [5, 5.41) is 1.09. The molecule has 1 saturated carbocycles. The van der Waals surface area contributed by atoms with E-state index in [-0.39, 0.29) is 5.78 Å². The molecule has 2 aromatic carbocycles. The molecule has 3 aromatic rings. The molecule has 0 unspecified atom stereocenters. The van der Waals surface area contributed by atoms with Crippen molar-refractivity contribution in [1.29, 1.82) is 0 Å². The van der Waals surface area contributed by atoms with Gasteiger partial charge in [0, 0.05) is 12.0 Å². The van der Waals surface area contributed by atoms with Crippen molar-refractivity contribution < 1.29 is 4.79 Å². The lowest BCUT2D eigenvalue weighted by Gasteiger charge is -2.20. The molecule has 0 spiro atoms. The highest BCUT2D eigenvalue weighted by Crippen LogP contribution is 2.34. The maximum Gasteiger partial charge on any atom is 0.163 e. The van der Waals surface area contributed by atoms with Gasteiger partial charge in [-0.1, -0.05) is 61.4 Å². The largest absolute Gasteiger partial charge is 0.338 e. The molecule has 0 bridgehead atoms. The highest BCUT2D eigenvalue weighted by atomic mass is 35.5. The van der Waals surface area contributed by atoms with Crippen molar-refractivity contribution in [2.45, 2.75) is 38.5 Å². The van der Waals surface area contributed by atoms with Crippen LogP contribution in [0, 0.1) is 5.92 Å². The number of halogens is 2. The Bertz CT molecular complexity index is 938. The minimum Gasteiger partial charge on any atom is -0.338 e. The number of hydrogen-bond donors (Lipinski definition) is 1. The zero-order valence-corrected chi connectivity index (χ0v) is 15.9. The molecule has 1 N–H and O–H groups in total. The zero-order valence-electron chi connectivity index (χ0n) is 14.4. The number of imidazole rings is 1. The molecule has 0 aliphatic heterocycles. The van der Waals surface area contributed by atoms with E-state index in [0.717, 1.165) is 16.6 Å². The van der Waals surface area contributed by atoms with E-state index in [1.54, 1.807) is 18.2 Å². The Hall–Kier alpha value is -1.84. The average molecular weight is 387 g/mol. The third-order valence-electron chi connectivity index (χ3n) is 5.20. The van der Waals surface area contributed by atoms with Crippen LogP contribution in [0.2, 0.25) is 10.0 Å². The summed E-state index contributed by atoms with van der Waals surface area (Å²) < 4.78 is 0. The van der Waals surface area contributed by atoms with Crippen LogP contribution in [0.25, 0.3) is 22.4 Å². The summed E-state index contributed by atoms with van der Waals surface area (Å²) in [5.41, 5.74) is 3.04. The van der Waals surface area contributed by atoms with E-state index >= 15 is 0 Å². The van der Waals surface area contributed by atoms with Crippen LogP contribution >= 0.6 is 23.2 Å². The van der Waals surface area contributed by atoms with Gasteiger partial charge in [0.2, 0.25) is 0 Å². The maximum absolute atomic E-state index is 12.7. The molecule has 3 nitrogen and oxygen atoms in total. The Kier molecular flexibility index (Phi) is 5.01. The summed E-state index contributed by atoms with van der Waals surface area (Å²) in [6.45, 7) is 0. The van der Waals surface area contributed by atoms with Crippen LogP contribution in [0.5, 0.6) is 0 Å². The van der Waals surface area contributed by atoms with Crippen LogP contribution in [0.3, 0.4) is 0 Å². The second-order valence-electron chi connectivity index (χ2n) is 7.05. The fraction of sp³-hybridized carbons (Fsp3) is 0.333. The highest BCUT2D eigenvalue weighted by molar-refractivity contribution is 6.39. The van der Waals surface area contributed by atoms with Crippen molar-refractivity contribution in [2.24, 2.45) is 5.92 Å². The van der Waals surface area contributed by atoms with E-state index in [1.807, 2.05) is 18.2 Å². The molecule has 0 radical (unpaired) electrons. The lowest BCUT2D eigenvalue weighted by atomic mass is 9.85. The van der Waals surface area contributed by atoms with E-state index in [2.05, 4.69) is 9.97 Å². The van der Waals surface area contributed by atoms with Gasteiger partial charge in [-0.15, -0.1) is 0 Å². The Morgan fingerprint density at radius 3 is 2.54 bits per heavy atom. The Labute approximate surface area is 162 Å². The standard InChI is InChI=1S/C21H20Cl2N2O/c22-15-7-4-8-16(23)20(15)21-24-17-10-9-14(12-18(17)25-21)19(26)11-13-5-2-1-3-6-13/h4,7-10,12-13H,1-3,5-6,11H2,(H,24,25). The van der Waals surface area contributed by atoms with Gasteiger partial charge in [-0.25, -0.2) is 4.98 Å².